The van der Waals surface area contributed by atoms with Gasteiger partial charge in [0, 0.05) is 18.3 Å². The molecule has 2 nitrogen and oxygen atoms in total. The second-order valence-electron chi connectivity index (χ2n) is 5.05. The van der Waals surface area contributed by atoms with Gasteiger partial charge in [0.2, 0.25) is 0 Å². The molecule has 0 spiro atoms. The third-order valence-electron chi connectivity index (χ3n) is 3.92. The van der Waals surface area contributed by atoms with Crippen molar-refractivity contribution in [1.29, 1.82) is 0 Å². The molecule has 1 aliphatic heterocycles. The largest absolute Gasteiger partial charge is 0.347 e. The van der Waals surface area contributed by atoms with Gasteiger partial charge < -0.3 is 9.88 Å². The number of aryl methyl sites for hydroxylation is 1. The van der Waals surface area contributed by atoms with Crippen molar-refractivity contribution in [3.05, 3.63) is 36.5 Å². The first-order valence-corrected chi connectivity index (χ1v) is 6.68. The molecule has 1 saturated heterocycles. The van der Waals surface area contributed by atoms with Crippen molar-refractivity contribution >= 4 is 10.9 Å². The summed E-state index contributed by atoms with van der Waals surface area (Å²) in [5, 5.41) is 4.79. The minimum Gasteiger partial charge on any atom is -0.347 e. The Balaban J connectivity index is 1.68. The summed E-state index contributed by atoms with van der Waals surface area (Å²) in [6.45, 7) is 3.58. The maximum Gasteiger partial charge on any atom is 0.0480 e. The number of benzene rings is 1. The molecule has 2 heterocycles. The van der Waals surface area contributed by atoms with Gasteiger partial charge in [-0.15, -0.1) is 0 Å². The molecule has 0 saturated carbocycles. The van der Waals surface area contributed by atoms with E-state index in [1.54, 1.807) is 0 Å². The molecule has 2 aromatic rings. The second kappa shape index (κ2) is 4.92. The summed E-state index contributed by atoms with van der Waals surface area (Å²) in [7, 11) is 0. The summed E-state index contributed by atoms with van der Waals surface area (Å²) in [6, 6.07) is 10.9. The van der Waals surface area contributed by atoms with E-state index in [4.69, 9.17) is 0 Å². The summed E-state index contributed by atoms with van der Waals surface area (Å²) in [6.07, 6.45) is 6.24. The number of nitrogens with zero attached hydrogens (tertiary/aromatic N) is 1. The summed E-state index contributed by atoms with van der Waals surface area (Å²) >= 11 is 0. The Labute approximate surface area is 103 Å². The average Bonchev–Trinajstić information content (AvgIpc) is 2.81. The highest BCUT2D eigenvalue weighted by Crippen LogP contribution is 2.20. The fourth-order valence-electron chi connectivity index (χ4n) is 2.83. The quantitative estimate of drug-likeness (QED) is 0.854. The predicted octanol–water partition coefficient (Wildman–Crippen LogP) is 3.03. The molecule has 1 aliphatic rings. The minimum atomic E-state index is 0.914. The number of piperidine rings is 1. The van der Waals surface area contributed by atoms with Crippen LogP contribution in [0.5, 0.6) is 0 Å². The maximum atomic E-state index is 3.43. The molecule has 0 unspecified atom stereocenters. The smallest absolute Gasteiger partial charge is 0.0480 e. The fourth-order valence-corrected chi connectivity index (χ4v) is 2.83. The third kappa shape index (κ3) is 2.37. The van der Waals surface area contributed by atoms with Crippen LogP contribution in [0, 0.1) is 5.92 Å². The van der Waals surface area contributed by atoms with Crippen molar-refractivity contribution in [3.63, 3.8) is 0 Å². The third-order valence-corrected chi connectivity index (χ3v) is 3.92. The highest BCUT2D eigenvalue weighted by atomic mass is 15.0. The molecule has 0 amide bonds. The molecule has 2 heteroatoms. The Kier molecular flexibility index (Phi) is 3.14. The van der Waals surface area contributed by atoms with Crippen LogP contribution in [0.3, 0.4) is 0 Å². The van der Waals surface area contributed by atoms with E-state index in [-0.39, 0.29) is 0 Å². The van der Waals surface area contributed by atoms with Gasteiger partial charge in [-0.05, 0) is 55.8 Å². The SMILES string of the molecule is c1ccc2c(c1)ccn2CCC1CCNCC1. The van der Waals surface area contributed by atoms with Gasteiger partial charge in [-0.1, -0.05) is 18.2 Å². The van der Waals surface area contributed by atoms with Gasteiger partial charge in [-0.2, -0.15) is 0 Å². The highest BCUT2D eigenvalue weighted by molar-refractivity contribution is 5.79. The molecule has 1 N–H and O–H groups in total. The first-order chi connectivity index (χ1) is 8.43. The van der Waals surface area contributed by atoms with E-state index in [2.05, 4.69) is 46.4 Å². The molecular formula is C15H20N2. The molecule has 3 rings (SSSR count). The summed E-state index contributed by atoms with van der Waals surface area (Å²) in [5.41, 5.74) is 1.38. The normalized spacial score (nSPS) is 17.6. The summed E-state index contributed by atoms with van der Waals surface area (Å²) in [5.74, 6) is 0.914. The minimum absolute atomic E-state index is 0.914. The molecule has 1 fully saturated rings. The number of fused-ring (bicyclic) bond motifs is 1. The van der Waals surface area contributed by atoms with E-state index in [9.17, 15) is 0 Å². The standard InChI is InChI=1S/C15H20N2/c1-2-4-15-14(3-1)8-12-17(15)11-7-13-5-9-16-10-6-13/h1-4,8,12-13,16H,5-7,9-11H2. The second-order valence-corrected chi connectivity index (χ2v) is 5.05. The lowest BCUT2D eigenvalue weighted by Crippen LogP contribution is -2.28. The molecule has 0 atom stereocenters. The maximum absolute atomic E-state index is 3.43. The van der Waals surface area contributed by atoms with Crippen LogP contribution in [0.1, 0.15) is 19.3 Å². The Morgan fingerprint density at radius 2 is 1.94 bits per heavy atom. The van der Waals surface area contributed by atoms with E-state index < -0.39 is 0 Å². The number of para-hydroxylation sites is 1. The van der Waals surface area contributed by atoms with Gasteiger partial charge >= 0.3 is 0 Å². The first-order valence-electron chi connectivity index (χ1n) is 6.68. The van der Waals surface area contributed by atoms with Gasteiger partial charge in [0.1, 0.15) is 0 Å². The van der Waals surface area contributed by atoms with Crippen LogP contribution in [0.15, 0.2) is 36.5 Å². The van der Waals surface area contributed by atoms with Crippen LogP contribution < -0.4 is 5.32 Å². The average molecular weight is 228 g/mol. The molecule has 0 bridgehead atoms. The van der Waals surface area contributed by atoms with Crippen LogP contribution in [-0.4, -0.2) is 17.7 Å². The van der Waals surface area contributed by atoms with E-state index in [1.165, 1.54) is 43.3 Å². The van der Waals surface area contributed by atoms with E-state index in [0.717, 1.165) is 12.5 Å². The van der Waals surface area contributed by atoms with Crippen LogP contribution in [0.4, 0.5) is 0 Å². The molecule has 17 heavy (non-hydrogen) atoms. The zero-order valence-corrected chi connectivity index (χ0v) is 10.2. The van der Waals surface area contributed by atoms with Crippen molar-refractivity contribution in [2.75, 3.05) is 13.1 Å². The first kappa shape index (κ1) is 10.8. The monoisotopic (exact) mass is 228 g/mol. The van der Waals surface area contributed by atoms with E-state index >= 15 is 0 Å². The Hall–Kier alpha value is -1.28. The van der Waals surface area contributed by atoms with Crippen molar-refractivity contribution in [2.24, 2.45) is 5.92 Å². The Morgan fingerprint density at radius 1 is 1.12 bits per heavy atom. The lowest BCUT2D eigenvalue weighted by molar-refractivity contribution is 0.339. The molecule has 1 aromatic heterocycles. The van der Waals surface area contributed by atoms with Crippen LogP contribution in [0.25, 0.3) is 10.9 Å². The number of hydrogen-bond acceptors (Lipinski definition) is 1. The predicted molar refractivity (Wildman–Crippen MR) is 72.1 cm³/mol. The van der Waals surface area contributed by atoms with E-state index in [1.807, 2.05) is 0 Å². The van der Waals surface area contributed by atoms with Crippen molar-refractivity contribution in [3.8, 4) is 0 Å². The molecular weight excluding hydrogens is 208 g/mol. The van der Waals surface area contributed by atoms with Crippen molar-refractivity contribution in [1.82, 2.24) is 9.88 Å². The lowest BCUT2D eigenvalue weighted by atomic mass is 9.95. The number of rotatable bonds is 3. The summed E-state index contributed by atoms with van der Waals surface area (Å²) in [4.78, 5) is 0. The molecule has 0 radical (unpaired) electrons. The van der Waals surface area contributed by atoms with Gasteiger partial charge in [-0.3, -0.25) is 0 Å². The Bertz CT molecular complexity index is 480. The van der Waals surface area contributed by atoms with Gasteiger partial charge in [0.25, 0.3) is 0 Å². The summed E-state index contributed by atoms with van der Waals surface area (Å²) < 4.78 is 2.40. The van der Waals surface area contributed by atoms with Crippen molar-refractivity contribution in [2.45, 2.75) is 25.8 Å². The topological polar surface area (TPSA) is 17.0 Å². The highest BCUT2D eigenvalue weighted by Gasteiger charge is 2.12. The molecule has 0 aliphatic carbocycles. The van der Waals surface area contributed by atoms with E-state index in [0.29, 0.717) is 0 Å². The van der Waals surface area contributed by atoms with Crippen LogP contribution in [0.2, 0.25) is 0 Å². The molecule has 90 valence electrons. The van der Waals surface area contributed by atoms with Gasteiger partial charge in [0.15, 0.2) is 0 Å². The Morgan fingerprint density at radius 3 is 2.82 bits per heavy atom. The zero-order chi connectivity index (χ0) is 11.5. The van der Waals surface area contributed by atoms with Gasteiger partial charge in [0.05, 0.1) is 0 Å². The lowest BCUT2D eigenvalue weighted by Gasteiger charge is -2.22. The van der Waals surface area contributed by atoms with Crippen LogP contribution in [-0.2, 0) is 6.54 Å². The fraction of sp³-hybridized carbons (Fsp3) is 0.467. The number of aromatic nitrogens is 1. The molecule has 1 aromatic carbocycles. The van der Waals surface area contributed by atoms with Gasteiger partial charge in [-0.25, -0.2) is 0 Å². The van der Waals surface area contributed by atoms with Crippen molar-refractivity contribution < 1.29 is 0 Å². The number of nitrogens with one attached hydrogen (secondary N) is 1. The number of hydrogen-bond donors (Lipinski definition) is 1. The zero-order valence-electron chi connectivity index (χ0n) is 10.2. The van der Waals surface area contributed by atoms with Crippen LogP contribution >= 0.6 is 0 Å².